The fraction of sp³-hybridized carbons (Fsp3) is 0.286. The number of amides is 1. The zero-order valence-corrected chi connectivity index (χ0v) is 7.66. The van der Waals surface area contributed by atoms with Crippen molar-refractivity contribution >= 4 is 17.4 Å². The molecule has 8 heteroatoms. The Bertz CT molecular complexity index is 516. The molecule has 1 amide bonds. The molecule has 0 atom stereocenters. The average Bonchev–Trinajstić information content (AvgIpc) is 2.46. The Labute approximate surface area is 83.1 Å². The van der Waals surface area contributed by atoms with Crippen LogP contribution in [0.5, 0.6) is 0 Å². The lowest BCUT2D eigenvalue weighted by atomic mass is 10.4. The van der Waals surface area contributed by atoms with E-state index >= 15 is 0 Å². The molecule has 5 N–H and O–H groups in total. The van der Waals surface area contributed by atoms with Crippen LogP contribution in [0.15, 0.2) is 9.59 Å². The number of aromatic amines is 2. The van der Waals surface area contributed by atoms with Gasteiger partial charge in [0.05, 0.1) is 13.2 Å². The highest BCUT2D eigenvalue weighted by Gasteiger charge is 2.24. The summed E-state index contributed by atoms with van der Waals surface area (Å²) < 4.78 is 0. The van der Waals surface area contributed by atoms with Crippen molar-refractivity contribution in [2.24, 2.45) is 5.73 Å². The Hall–Kier alpha value is -2.25. The standard InChI is InChI=1S/C7H9N5O3/c8-3(13)1-12-2-9-5-4(12)6(14)11-7(15)10-5/h1-2H2,(H2,8,13)(H3,9,10,11,14,15). The van der Waals surface area contributed by atoms with Gasteiger partial charge in [-0.1, -0.05) is 0 Å². The second-order valence-corrected chi connectivity index (χ2v) is 3.13. The molecule has 15 heavy (non-hydrogen) atoms. The largest absolute Gasteiger partial charge is 0.368 e. The van der Waals surface area contributed by atoms with Gasteiger partial charge in [-0.2, -0.15) is 0 Å². The van der Waals surface area contributed by atoms with Crippen LogP contribution in [0.3, 0.4) is 0 Å². The molecule has 0 bridgehead atoms. The summed E-state index contributed by atoms with van der Waals surface area (Å²) in [5, 5.41) is 2.78. The van der Waals surface area contributed by atoms with E-state index in [1.54, 1.807) is 0 Å². The first kappa shape index (κ1) is 9.31. The summed E-state index contributed by atoms with van der Waals surface area (Å²) in [5.74, 6) is -0.236. The lowest BCUT2D eigenvalue weighted by molar-refractivity contribution is -0.116. The molecule has 2 rings (SSSR count). The molecule has 0 saturated carbocycles. The molecule has 8 nitrogen and oxygen atoms in total. The second-order valence-electron chi connectivity index (χ2n) is 3.13. The van der Waals surface area contributed by atoms with E-state index in [9.17, 15) is 14.4 Å². The summed E-state index contributed by atoms with van der Waals surface area (Å²) in [6.45, 7) is 0.191. The van der Waals surface area contributed by atoms with E-state index < -0.39 is 17.2 Å². The van der Waals surface area contributed by atoms with Crippen LogP contribution < -0.4 is 27.2 Å². The maximum Gasteiger partial charge on any atom is 0.327 e. The number of nitrogens with two attached hydrogens (primary N) is 1. The van der Waals surface area contributed by atoms with Crippen LogP contribution in [0.4, 0.5) is 11.5 Å². The lowest BCUT2D eigenvalue weighted by Gasteiger charge is -2.13. The quantitative estimate of drug-likeness (QED) is 0.439. The highest BCUT2D eigenvalue weighted by Crippen LogP contribution is 2.22. The first-order valence-corrected chi connectivity index (χ1v) is 4.21. The highest BCUT2D eigenvalue weighted by molar-refractivity contribution is 5.82. The molecule has 0 spiro atoms. The predicted molar refractivity (Wildman–Crippen MR) is 52.7 cm³/mol. The number of anilines is 2. The zero-order chi connectivity index (χ0) is 11.0. The maximum atomic E-state index is 11.4. The van der Waals surface area contributed by atoms with Gasteiger partial charge < -0.3 is 16.0 Å². The number of nitrogens with one attached hydrogen (secondary N) is 3. The molecule has 0 aromatic carbocycles. The minimum Gasteiger partial charge on any atom is -0.368 e. The number of nitrogens with zero attached hydrogens (tertiary/aromatic N) is 1. The molecule has 2 heterocycles. The predicted octanol–water partition coefficient (Wildman–Crippen LogP) is -2.26. The average molecular weight is 211 g/mol. The van der Waals surface area contributed by atoms with Gasteiger partial charge in [0.2, 0.25) is 5.91 Å². The van der Waals surface area contributed by atoms with Crippen LogP contribution in [0.1, 0.15) is 0 Å². The third-order valence-corrected chi connectivity index (χ3v) is 2.03. The molecule has 0 aliphatic carbocycles. The topological polar surface area (TPSA) is 124 Å². The SMILES string of the molecule is NC(=O)CN1CNc2[nH]c(=O)[nH]c(=O)c21. The first-order valence-electron chi connectivity index (χ1n) is 4.21. The molecule has 0 unspecified atom stereocenters. The van der Waals surface area contributed by atoms with Gasteiger partial charge in [-0.05, 0) is 0 Å². The number of hydrogen-bond acceptors (Lipinski definition) is 5. The normalized spacial score (nSPS) is 13.5. The summed E-state index contributed by atoms with van der Waals surface area (Å²) in [4.78, 5) is 39.0. The van der Waals surface area contributed by atoms with Crippen LogP contribution >= 0.6 is 0 Å². The monoisotopic (exact) mass is 211 g/mol. The van der Waals surface area contributed by atoms with Gasteiger partial charge in [0.25, 0.3) is 5.56 Å². The van der Waals surface area contributed by atoms with Gasteiger partial charge in [-0.15, -0.1) is 0 Å². The molecule has 0 saturated heterocycles. The van der Waals surface area contributed by atoms with Crippen LogP contribution in [0, 0.1) is 0 Å². The van der Waals surface area contributed by atoms with E-state index in [0.717, 1.165) is 0 Å². The van der Waals surface area contributed by atoms with Gasteiger partial charge >= 0.3 is 5.69 Å². The molecule has 0 radical (unpaired) electrons. The number of rotatable bonds is 2. The van der Waals surface area contributed by atoms with Crippen molar-refractivity contribution in [1.29, 1.82) is 0 Å². The number of aromatic nitrogens is 2. The van der Waals surface area contributed by atoms with E-state index in [4.69, 9.17) is 5.73 Å². The molecule has 1 aromatic heterocycles. The summed E-state index contributed by atoms with van der Waals surface area (Å²) in [6, 6.07) is 0. The van der Waals surface area contributed by atoms with Gasteiger partial charge in [0.15, 0.2) is 0 Å². The van der Waals surface area contributed by atoms with E-state index in [1.807, 2.05) is 0 Å². The van der Waals surface area contributed by atoms with Crippen molar-refractivity contribution in [1.82, 2.24) is 9.97 Å². The maximum absolute atomic E-state index is 11.4. The van der Waals surface area contributed by atoms with Crippen LogP contribution in [-0.4, -0.2) is 29.1 Å². The Morgan fingerprint density at radius 2 is 2.13 bits per heavy atom. The summed E-state index contributed by atoms with van der Waals surface area (Å²) in [7, 11) is 0. The molecular formula is C7H9N5O3. The molecule has 1 aliphatic rings. The van der Waals surface area contributed by atoms with E-state index in [1.165, 1.54) is 4.90 Å². The van der Waals surface area contributed by atoms with E-state index in [0.29, 0.717) is 5.82 Å². The Balaban J connectivity index is 2.46. The summed E-state index contributed by atoms with van der Waals surface area (Å²) >= 11 is 0. The van der Waals surface area contributed by atoms with Crippen molar-refractivity contribution in [3.05, 3.63) is 20.8 Å². The number of H-pyrrole nitrogens is 2. The van der Waals surface area contributed by atoms with Gasteiger partial charge in [-0.3, -0.25) is 19.6 Å². The van der Waals surface area contributed by atoms with Crippen molar-refractivity contribution in [2.45, 2.75) is 0 Å². The number of carbonyl (C=O) groups is 1. The van der Waals surface area contributed by atoms with Gasteiger partial charge in [-0.25, -0.2) is 4.79 Å². The zero-order valence-electron chi connectivity index (χ0n) is 7.66. The molecule has 1 aromatic rings. The van der Waals surface area contributed by atoms with E-state index in [-0.39, 0.29) is 18.9 Å². The third kappa shape index (κ3) is 1.56. The van der Waals surface area contributed by atoms with Crippen LogP contribution in [0.2, 0.25) is 0 Å². The van der Waals surface area contributed by atoms with Crippen LogP contribution in [-0.2, 0) is 4.79 Å². The molecule has 80 valence electrons. The first-order chi connectivity index (χ1) is 7.08. The fourth-order valence-electron chi connectivity index (χ4n) is 1.49. The minimum absolute atomic E-state index is 0.0743. The Kier molecular flexibility index (Phi) is 1.96. The number of fused-ring (bicyclic) bond motifs is 1. The number of carbonyl (C=O) groups excluding carboxylic acids is 1. The smallest absolute Gasteiger partial charge is 0.327 e. The Morgan fingerprint density at radius 1 is 1.40 bits per heavy atom. The fourth-order valence-corrected chi connectivity index (χ4v) is 1.49. The third-order valence-electron chi connectivity index (χ3n) is 2.03. The highest BCUT2D eigenvalue weighted by atomic mass is 16.2. The van der Waals surface area contributed by atoms with Crippen molar-refractivity contribution in [3.8, 4) is 0 Å². The number of hydrogen-bond donors (Lipinski definition) is 4. The van der Waals surface area contributed by atoms with Crippen LogP contribution in [0.25, 0.3) is 0 Å². The number of primary amides is 1. The summed E-state index contributed by atoms with van der Waals surface area (Å²) in [5.41, 5.74) is 4.11. The summed E-state index contributed by atoms with van der Waals surface area (Å²) in [6.07, 6.45) is 0. The molecule has 1 aliphatic heterocycles. The minimum atomic E-state index is -0.591. The van der Waals surface area contributed by atoms with Crippen molar-refractivity contribution < 1.29 is 4.79 Å². The lowest BCUT2D eigenvalue weighted by Crippen LogP contribution is -2.36. The van der Waals surface area contributed by atoms with Crippen molar-refractivity contribution in [3.63, 3.8) is 0 Å². The molecule has 0 fully saturated rings. The Morgan fingerprint density at radius 3 is 2.80 bits per heavy atom. The van der Waals surface area contributed by atoms with Gasteiger partial charge in [0.1, 0.15) is 11.5 Å². The van der Waals surface area contributed by atoms with Crippen molar-refractivity contribution in [2.75, 3.05) is 23.4 Å². The van der Waals surface area contributed by atoms with E-state index in [2.05, 4.69) is 15.3 Å². The molecular weight excluding hydrogens is 202 g/mol. The second kappa shape index (κ2) is 3.15. The van der Waals surface area contributed by atoms with Gasteiger partial charge in [0, 0.05) is 0 Å².